The van der Waals surface area contributed by atoms with Gasteiger partial charge in [-0.2, -0.15) is 0 Å². The monoisotopic (exact) mass is 266 g/mol. The molecule has 2 rings (SSSR count). The number of carbonyl (C=O) groups excluding carboxylic acids is 1. The van der Waals surface area contributed by atoms with Gasteiger partial charge in [0.2, 0.25) is 0 Å². The molecule has 0 unspecified atom stereocenters. The highest BCUT2D eigenvalue weighted by molar-refractivity contribution is 5.90. The Bertz CT molecular complexity index is 459. The lowest BCUT2D eigenvalue weighted by atomic mass is 10.1. The van der Waals surface area contributed by atoms with Gasteiger partial charge in [0, 0.05) is 24.3 Å². The van der Waals surface area contributed by atoms with Gasteiger partial charge in [0.05, 0.1) is 5.56 Å². The Labute approximate surface area is 112 Å². The molecule has 0 aliphatic carbocycles. The molecule has 0 saturated carbocycles. The molecule has 1 heterocycles. The van der Waals surface area contributed by atoms with Crippen molar-refractivity contribution in [2.45, 2.75) is 25.9 Å². The number of carbonyl (C=O) groups is 1. The fraction of sp³-hybridized carbons (Fsp3) is 0.500. The van der Waals surface area contributed by atoms with Gasteiger partial charge < -0.3 is 15.4 Å². The molecule has 104 valence electrons. The van der Waals surface area contributed by atoms with Crippen LogP contribution in [-0.2, 0) is 4.74 Å². The lowest BCUT2D eigenvalue weighted by molar-refractivity contribution is 0.0139. The van der Waals surface area contributed by atoms with E-state index in [-0.39, 0.29) is 17.4 Å². The number of nitrogens with two attached hydrogens (primary N) is 1. The molecule has 0 spiro atoms. The molecule has 0 amide bonds. The van der Waals surface area contributed by atoms with Crippen LogP contribution in [0.5, 0.6) is 0 Å². The van der Waals surface area contributed by atoms with Crippen LogP contribution < -0.4 is 5.73 Å². The van der Waals surface area contributed by atoms with Crippen molar-refractivity contribution in [1.29, 1.82) is 0 Å². The summed E-state index contributed by atoms with van der Waals surface area (Å²) in [6.45, 7) is 3.39. The summed E-state index contributed by atoms with van der Waals surface area (Å²) in [6, 6.07) is 2.65. The third kappa shape index (κ3) is 3.23. The number of nitrogen functional groups attached to an aromatic ring is 1. The number of esters is 1. The Hall–Kier alpha value is -1.62. The molecule has 1 fully saturated rings. The molecule has 1 aromatic carbocycles. The summed E-state index contributed by atoms with van der Waals surface area (Å²) in [7, 11) is 2.04. The summed E-state index contributed by atoms with van der Waals surface area (Å²) >= 11 is 0. The summed E-state index contributed by atoms with van der Waals surface area (Å²) in [5.41, 5.74) is 6.47. The molecule has 0 aromatic heterocycles. The molecule has 4 nitrogen and oxygen atoms in total. The van der Waals surface area contributed by atoms with Crippen molar-refractivity contribution < 1.29 is 13.9 Å². The zero-order valence-electron chi connectivity index (χ0n) is 11.3. The van der Waals surface area contributed by atoms with Gasteiger partial charge in [-0.15, -0.1) is 0 Å². The average molecular weight is 266 g/mol. The number of nitrogens with zero attached hydrogens (tertiary/aromatic N) is 1. The zero-order valence-corrected chi connectivity index (χ0v) is 11.3. The van der Waals surface area contributed by atoms with Crippen molar-refractivity contribution in [1.82, 2.24) is 4.90 Å². The number of piperidine rings is 1. The number of anilines is 1. The standard InChI is InChI=1S/C14H19FN2O2/c1-9-12(15)7-10(8-13(9)16)14(18)19-11-3-5-17(2)6-4-11/h7-8,11H,3-6,16H2,1-2H3. The molecular formula is C14H19FN2O2. The summed E-state index contributed by atoms with van der Waals surface area (Å²) in [5.74, 6) is -0.976. The third-order valence-electron chi connectivity index (χ3n) is 3.56. The van der Waals surface area contributed by atoms with Crippen molar-refractivity contribution in [2.75, 3.05) is 25.9 Å². The van der Waals surface area contributed by atoms with Crippen LogP contribution in [-0.4, -0.2) is 37.1 Å². The highest BCUT2D eigenvalue weighted by Crippen LogP contribution is 2.20. The molecule has 0 bridgehead atoms. The third-order valence-corrected chi connectivity index (χ3v) is 3.56. The number of ether oxygens (including phenoxy) is 1. The van der Waals surface area contributed by atoms with Crippen molar-refractivity contribution in [2.24, 2.45) is 0 Å². The van der Waals surface area contributed by atoms with E-state index in [4.69, 9.17) is 10.5 Å². The maximum atomic E-state index is 13.5. The minimum atomic E-state index is -0.500. The van der Waals surface area contributed by atoms with Gasteiger partial charge in [-0.25, -0.2) is 9.18 Å². The van der Waals surface area contributed by atoms with Gasteiger partial charge in [-0.3, -0.25) is 0 Å². The first-order chi connectivity index (χ1) is 8.97. The molecule has 5 heteroatoms. The second kappa shape index (κ2) is 5.57. The normalized spacial score (nSPS) is 17.4. The van der Waals surface area contributed by atoms with E-state index < -0.39 is 11.8 Å². The van der Waals surface area contributed by atoms with Crippen molar-refractivity contribution in [3.63, 3.8) is 0 Å². The number of rotatable bonds is 2. The molecule has 1 aromatic rings. The highest BCUT2D eigenvalue weighted by atomic mass is 19.1. The number of likely N-dealkylation sites (tertiary alicyclic amines) is 1. The molecule has 1 saturated heterocycles. The maximum Gasteiger partial charge on any atom is 0.338 e. The van der Waals surface area contributed by atoms with Crippen molar-refractivity contribution in [3.8, 4) is 0 Å². The van der Waals surface area contributed by atoms with Crippen LogP contribution in [0.25, 0.3) is 0 Å². The van der Waals surface area contributed by atoms with E-state index in [1.54, 1.807) is 6.92 Å². The van der Waals surface area contributed by atoms with Gasteiger partial charge in [0.15, 0.2) is 0 Å². The first-order valence-corrected chi connectivity index (χ1v) is 6.42. The van der Waals surface area contributed by atoms with E-state index in [1.165, 1.54) is 12.1 Å². The zero-order chi connectivity index (χ0) is 14.0. The van der Waals surface area contributed by atoms with E-state index in [0.717, 1.165) is 25.9 Å². The van der Waals surface area contributed by atoms with E-state index in [2.05, 4.69) is 4.90 Å². The average Bonchev–Trinajstić information content (AvgIpc) is 2.38. The second-order valence-electron chi connectivity index (χ2n) is 5.08. The Morgan fingerprint density at radius 2 is 2.05 bits per heavy atom. The molecule has 1 aliphatic rings. The molecule has 19 heavy (non-hydrogen) atoms. The summed E-state index contributed by atoms with van der Waals surface area (Å²) < 4.78 is 18.9. The molecule has 0 radical (unpaired) electrons. The second-order valence-corrected chi connectivity index (χ2v) is 5.08. The van der Waals surface area contributed by atoms with E-state index in [1.807, 2.05) is 7.05 Å². The number of hydrogen-bond donors (Lipinski definition) is 1. The summed E-state index contributed by atoms with van der Waals surface area (Å²) in [6.07, 6.45) is 1.53. The predicted molar refractivity (Wildman–Crippen MR) is 71.5 cm³/mol. The van der Waals surface area contributed by atoms with Gasteiger partial charge in [0.25, 0.3) is 0 Å². The van der Waals surface area contributed by atoms with Gasteiger partial charge in [-0.05, 0) is 38.9 Å². The van der Waals surface area contributed by atoms with Crippen LogP contribution in [0.3, 0.4) is 0 Å². The van der Waals surface area contributed by atoms with E-state index in [0.29, 0.717) is 5.56 Å². The fourth-order valence-electron chi connectivity index (χ4n) is 2.14. The first-order valence-electron chi connectivity index (χ1n) is 6.42. The highest BCUT2D eigenvalue weighted by Gasteiger charge is 2.21. The molecule has 1 aliphatic heterocycles. The van der Waals surface area contributed by atoms with Crippen LogP contribution in [0.1, 0.15) is 28.8 Å². The Kier molecular flexibility index (Phi) is 4.04. The molecule has 2 N–H and O–H groups in total. The Balaban J connectivity index is 2.04. The Morgan fingerprint density at radius 1 is 1.42 bits per heavy atom. The quantitative estimate of drug-likeness (QED) is 0.657. The van der Waals surface area contributed by atoms with Gasteiger partial charge >= 0.3 is 5.97 Å². The SMILES string of the molecule is Cc1c(N)cc(C(=O)OC2CCN(C)CC2)cc1F. The van der Waals surface area contributed by atoms with Gasteiger partial charge in [-0.1, -0.05) is 0 Å². The molecule has 0 atom stereocenters. The minimum absolute atomic E-state index is 0.0886. The number of hydrogen-bond acceptors (Lipinski definition) is 4. The van der Waals surface area contributed by atoms with E-state index >= 15 is 0 Å². The van der Waals surface area contributed by atoms with E-state index in [9.17, 15) is 9.18 Å². The van der Waals surface area contributed by atoms with Crippen molar-refractivity contribution in [3.05, 3.63) is 29.1 Å². The van der Waals surface area contributed by atoms with Crippen molar-refractivity contribution >= 4 is 11.7 Å². The van der Waals surface area contributed by atoms with Crippen LogP contribution in [0, 0.1) is 12.7 Å². The topological polar surface area (TPSA) is 55.6 Å². The lowest BCUT2D eigenvalue weighted by Crippen LogP contribution is -2.35. The predicted octanol–water partition coefficient (Wildman–Crippen LogP) is 1.97. The first kappa shape index (κ1) is 13.8. The van der Waals surface area contributed by atoms with Gasteiger partial charge in [0.1, 0.15) is 11.9 Å². The molecular weight excluding hydrogens is 247 g/mol. The fourth-order valence-corrected chi connectivity index (χ4v) is 2.14. The van der Waals surface area contributed by atoms with Crippen LogP contribution in [0.4, 0.5) is 10.1 Å². The lowest BCUT2D eigenvalue weighted by Gasteiger charge is -2.28. The van der Waals surface area contributed by atoms with Crippen LogP contribution in [0.15, 0.2) is 12.1 Å². The number of benzene rings is 1. The largest absolute Gasteiger partial charge is 0.459 e. The maximum absolute atomic E-state index is 13.5. The summed E-state index contributed by atoms with van der Waals surface area (Å²) in [4.78, 5) is 14.1. The van der Waals surface area contributed by atoms with Crippen LogP contribution in [0.2, 0.25) is 0 Å². The number of halogens is 1. The smallest absolute Gasteiger partial charge is 0.338 e. The minimum Gasteiger partial charge on any atom is -0.459 e. The Morgan fingerprint density at radius 3 is 2.63 bits per heavy atom. The summed E-state index contributed by atoms with van der Waals surface area (Å²) in [5, 5.41) is 0. The van der Waals surface area contributed by atoms with Crippen LogP contribution >= 0.6 is 0 Å².